The van der Waals surface area contributed by atoms with Crippen molar-refractivity contribution in [3.8, 4) is 0 Å². The summed E-state index contributed by atoms with van der Waals surface area (Å²) in [5, 5.41) is 0. The first-order valence-electron chi connectivity index (χ1n) is 6.96. The molecule has 1 saturated heterocycles. The van der Waals surface area contributed by atoms with Crippen LogP contribution in [0.1, 0.15) is 37.3 Å². The summed E-state index contributed by atoms with van der Waals surface area (Å²) >= 11 is 0. The van der Waals surface area contributed by atoms with Gasteiger partial charge in [0.05, 0.1) is 5.92 Å². The van der Waals surface area contributed by atoms with Gasteiger partial charge in [-0.1, -0.05) is 24.6 Å². The second-order valence-electron chi connectivity index (χ2n) is 5.29. The number of amides is 1. The molecule has 0 radical (unpaired) electrons. The van der Waals surface area contributed by atoms with Crippen LogP contribution in [-0.2, 0) is 9.59 Å². The summed E-state index contributed by atoms with van der Waals surface area (Å²) in [6.07, 6.45) is 2.04. The summed E-state index contributed by atoms with van der Waals surface area (Å²) in [5.41, 5.74) is 3.23. The molecule has 2 rings (SSSR count). The second kappa shape index (κ2) is 5.55. The number of hydrogen-bond acceptors (Lipinski definition) is 2. The fraction of sp³-hybridized carbons (Fsp3) is 0.500. The molecule has 19 heavy (non-hydrogen) atoms. The van der Waals surface area contributed by atoms with Crippen LogP contribution in [0.4, 0.5) is 5.69 Å². The number of benzene rings is 1. The van der Waals surface area contributed by atoms with Crippen molar-refractivity contribution in [1.29, 1.82) is 0 Å². The average molecular weight is 259 g/mol. The highest BCUT2D eigenvalue weighted by atomic mass is 16.2. The van der Waals surface area contributed by atoms with Gasteiger partial charge >= 0.3 is 0 Å². The summed E-state index contributed by atoms with van der Waals surface area (Å²) < 4.78 is 0. The van der Waals surface area contributed by atoms with E-state index in [4.69, 9.17) is 0 Å². The van der Waals surface area contributed by atoms with Crippen molar-refractivity contribution in [3.63, 3.8) is 0 Å². The predicted octanol–water partition coefficient (Wildman–Crippen LogP) is 3.03. The highest BCUT2D eigenvalue weighted by molar-refractivity contribution is 6.09. The summed E-state index contributed by atoms with van der Waals surface area (Å²) in [6, 6.07) is 6.08. The van der Waals surface area contributed by atoms with E-state index in [2.05, 4.69) is 6.07 Å². The van der Waals surface area contributed by atoms with Gasteiger partial charge in [-0.05, 0) is 38.3 Å². The SMILES string of the molecule is CCC(=O)[C@@H]1CCCN(c2ccc(C)cc2C)C1=O. The molecule has 0 bridgehead atoms. The summed E-state index contributed by atoms with van der Waals surface area (Å²) in [5.74, 6) is -0.385. The fourth-order valence-electron chi connectivity index (χ4n) is 2.77. The molecule has 1 heterocycles. The molecule has 0 unspecified atom stereocenters. The number of Topliss-reactive ketones (excluding diaryl/α,β-unsaturated/α-hetero) is 1. The van der Waals surface area contributed by atoms with Crippen LogP contribution in [-0.4, -0.2) is 18.2 Å². The largest absolute Gasteiger partial charge is 0.312 e. The van der Waals surface area contributed by atoms with Crippen molar-refractivity contribution < 1.29 is 9.59 Å². The second-order valence-corrected chi connectivity index (χ2v) is 5.29. The molecule has 3 heteroatoms. The lowest BCUT2D eigenvalue weighted by Gasteiger charge is -2.32. The molecule has 1 aromatic rings. The number of nitrogens with zero attached hydrogens (tertiary/aromatic N) is 1. The molecule has 1 amide bonds. The number of ketones is 1. The zero-order valence-corrected chi connectivity index (χ0v) is 11.9. The smallest absolute Gasteiger partial charge is 0.237 e. The first-order chi connectivity index (χ1) is 9.04. The van der Waals surface area contributed by atoms with Gasteiger partial charge in [0.25, 0.3) is 0 Å². The molecule has 1 aliphatic heterocycles. The molecule has 0 N–H and O–H groups in total. The zero-order chi connectivity index (χ0) is 14.0. The molecular weight excluding hydrogens is 238 g/mol. The van der Waals surface area contributed by atoms with E-state index in [1.165, 1.54) is 5.56 Å². The quantitative estimate of drug-likeness (QED) is 0.782. The Morgan fingerprint density at radius 3 is 2.74 bits per heavy atom. The van der Waals surface area contributed by atoms with Gasteiger partial charge < -0.3 is 4.90 Å². The Kier molecular flexibility index (Phi) is 4.03. The van der Waals surface area contributed by atoms with Crippen LogP contribution in [0.15, 0.2) is 18.2 Å². The van der Waals surface area contributed by atoms with Gasteiger partial charge in [-0.15, -0.1) is 0 Å². The van der Waals surface area contributed by atoms with Crippen molar-refractivity contribution in [2.24, 2.45) is 5.92 Å². The first kappa shape index (κ1) is 13.8. The molecule has 102 valence electrons. The van der Waals surface area contributed by atoms with Crippen molar-refractivity contribution in [2.45, 2.75) is 40.0 Å². The minimum atomic E-state index is -0.431. The maximum absolute atomic E-state index is 12.5. The summed E-state index contributed by atoms with van der Waals surface area (Å²) in [7, 11) is 0. The van der Waals surface area contributed by atoms with Crippen LogP contribution in [0.25, 0.3) is 0 Å². The highest BCUT2D eigenvalue weighted by Gasteiger charge is 2.34. The predicted molar refractivity (Wildman–Crippen MR) is 76.3 cm³/mol. The van der Waals surface area contributed by atoms with Gasteiger partial charge in [0, 0.05) is 18.7 Å². The zero-order valence-electron chi connectivity index (χ0n) is 11.9. The third-order valence-electron chi connectivity index (χ3n) is 3.82. The maximum atomic E-state index is 12.5. The lowest BCUT2D eigenvalue weighted by atomic mass is 9.91. The van der Waals surface area contributed by atoms with Crippen LogP contribution in [0, 0.1) is 19.8 Å². The van der Waals surface area contributed by atoms with E-state index in [1.54, 1.807) is 4.90 Å². The molecule has 0 saturated carbocycles. The standard InChI is InChI=1S/C16H21NO2/c1-4-15(18)13-6-5-9-17(16(13)19)14-8-7-11(2)10-12(14)3/h7-8,10,13H,4-6,9H2,1-3H3/t13-/m0/s1. The van der Waals surface area contributed by atoms with Crippen LogP contribution < -0.4 is 4.90 Å². The Morgan fingerprint density at radius 2 is 2.11 bits per heavy atom. The van der Waals surface area contributed by atoms with Crippen molar-refractivity contribution in [3.05, 3.63) is 29.3 Å². The molecule has 1 aromatic carbocycles. The Morgan fingerprint density at radius 1 is 1.37 bits per heavy atom. The van der Waals surface area contributed by atoms with E-state index in [9.17, 15) is 9.59 Å². The lowest BCUT2D eigenvalue weighted by Crippen LogP contribution is -2.44. The molecule has 1 aliphatic rings. The number of rotatable bonds is 3. The van der Waals surface area contributed by atoms with Gasteiger partial charge in [-0.25, -0.2) is 0 Å². The van der Waals surface area contributed by atoms with Gasteiger partial charge in [-0.3, -0.25) is 9.59 Å². The normalized spacial score (nSPS) is 19.6. The lowest BCUT2D eigenvalue weighted by molar-refractivity contribution is -0.133. The minimum absolute atomic E-state index is 0.0231. The summed E-state index contributed by atoms with van der Waals surface area (Å²) in [4.78, 5) is 26.1. The van der Waals surface area contributed by atoms with E-state index < -0.39 is 5.92 Å². The maximum Gasteiger partial charge on any atom is 0.237 e. The Balaban J connectivity index is 2.29. The Hall–Kier alpha value is -1.64. The van der Waals surface area contributed by atoms with Crippen molar-refractivity contribution >= 4 is 17.4 Å². The van der Waals surface area contributed by atoms with E-state index in [-0.39, 0.29) is 11.7 Å². The van der Waals surface area contributed by atoms with Gasteiger partial charge in [0.1, 0.15) is 5.78 Å². The monoisotopic (exact) mass is 259 g/mol. The molecule has 0 aromatic heterocycles. The number of aryl methyl sites for hydroxylation is 2. The number of hydrogen-bond donors (Lipinski definition) is 0. The van der Waals surface area contributed by atoms with Crippen LogP contribution >= 0.6 is 0 Å². The highest BCUT2D eigenvalue weighted by Crippen LogP contribution is 2.28. The van der Waals surface area contributed by atoms with E-state index in [0.29, 0.717) is 12.8 Å². The molecule has 1 atom stereocenters. The van der Waals surface area contributed by atoms with Crippen molar-refractivity contribution in [1.82, 2.24) is 0 Å². The molecule has 0 spiro atoms. The summed E-state index contributed by atoms with van der Waals surface area (Å²) in [6.45, 7) is 6.60. The number of anilines is 1. The van der Waals surface area contributed by atoms with Gasteiger partial charge in [0.15, 0.2) is 0 Å². The van der Waals surface area contributed by atoms with Crippen LogP contribution in [0.3, 0.4) is 0 Å². The third kappa shape index (κ3) is 2.70. The number of carbonyl (C=O) groups is 2. The van der Waals surface area contributed by atoms with Crippen molar-refractivity contribution in [2.75, 3.05) is 11.4 Å². The molecule has 0 aliphatic carbocycles. The average Bonchev–Trinajstić information content (AvgIpc) is 2.39. The van der Waals surface area contributed by atoms with Gasteiger partial charge in [-0.2, -0.15) is 0 Å². The number of piperidine rings is 1. The van der Waals surface area contributed by atoms with E-state index in [1.807, 2.05) is 32.9 Å². The third-order valence-corrected chi connectivity index (χ3v) is 3.82. The van der Waals surface area contributed by atoms with E-state index in [0.717, 1.165) is 24.2 Å². The van der Waals surface area contributed by atoms with Crippen LogP contribution in [0.2, 0.25) is 0 Å². The van der Waals surface area contributed by atoms with E-state index >= 15 is 0 Å². The molecular formula is C16H21NO2. The minimum Gasteiger partial charge on any atom is -0.312 e. The van der Waals surface area contributed by atoms with Crippen LogP contribution in [0.5, 0.6) is 0 Å². The topological polar surface area (TPSA) is 37.4 Å². The van der Waals surface area contributed by atoms with Gasteiger partial charge in [0.2, 0.25) is 5.91 Å². The molecule has 3 nitrogen and oxygen atoms in total. The Bertz CT molecular complexity index is 507. The fourth-order valence-corrected chi connectivity index (χ4v) is 2.77. The first-order valence-corrected chi connectivity index (χ1v) is 6.96. The number of carbonyl (C=O) groups excluding carboxylic acids is 2. The molecule has 1 fully saturated rings. The Labute approximate surface area is 114 Å².